The molecule has 0 aromatic heterocycles. The Morgan fingerprint density at radius 1 is 1.05 bits per heavy atom. The van der Waals surface area contributed by atoms with Crippen LogP contribution in [-0.4, -0.2) is 11.0 Å². The van der Waals surface area contributed by atoms with Crippen LogP contribution in [0.2, 0.25) is 0 Å². The van der Waals surface area contributed by atoms with Crippen LogP contribution in [0.1, 0.15) is 17.2 Å². The summed E-state index contributed by atoms with van der Waals surface area (Å²) in [5, 5.41) is 12.1. The van der Waals surface area contributed by atoms with E-state index in [1.807, 2.05) is 0 Å². The number of hydrogen-bond acceptors (Lipinski definition) is 2. The number of halogens is 3. The fourth-order valence-electron chi connectivity index (χ4n) is 1.77. The standard InChI is InChI=1S/C15H12F3NO2/c16-15(17,18)11-7-4-8-12(9-11)19-14(21)13(20)10-5-2-1-3-6-10/h1-9,13,20H,(H,19,21)/t13-/m0/s1. The van der Waals surface area contributed by atoms with E-state index < -0.39 is 23.8 Å². The summed E-state index contributed by atoms with van der Waals surface area (Å²) in [4.78, 5) is 11.8. The summed E-state index contributed by atoms with van der Waals surface area (Å²) in [6.45, 7) is 0. The summed E-state index contributed by atoms with van der Waals surface area (Å²) in [7, 11) is 0. The molecule has 2 rings (SSSR count). The Bertz CT molecular complexity index is 626. The van der Waals surface area contributed by atoms with Gasteiger partial charge in [0, 0.05) is 5.69 Å². The van der Waals surface area contributed by atoms with E-state index in [1.54, 1.807) is 30.3 Å². The lowest BCUT2D eigenvalue weighted by molar-refractivity contribution is -0.137. The fraction of sp³-hybridized carbons (Fsp3) is 0.133. The number of benzene rings is 2. The second kappa shape index (κ2) is 5.97. The van der Waals surface area contributed by atoms with Crippen LogP contribution in [-0.2, 0) is 11.0 Å². The third-order valence-electron chi connectivity index (χ3n) is 2.82. The molecule has 0 unspecified atom stereocenters. The maximum absolute atomic E-state index is 12.6. The number of anilines is 1. The maximum atomic E-state index is 12.6. The van der Waals surface area contributed by atoms with Crippen LogP contribution in [0.25, 0.3) is 0 Å². The predicted molar refractivity (Wildman–Crippen MR) is 71.5 cm³/mol. The quantitative estimate of drug-likeness (QED) is 0.912. The molecule has 0 bridgehead atoms. The Labute approximate surface area is 119 Å². The third-order valence-corrected chi connectivity index (χ3v) is 2.82. The molecule has 0 aliphatic heterocycles. The Kier molecular flexibility index (Phi) is 4.28. The summed E-state index contributed by atoms with van der Waals surface area (Å²) in [5.41, 5.74) is -0.527. The van der Waals surface area contributed by atoms with Gasteiger partial charge in [-0.05, 0) is 23.8 Å². The average Bonchev–Trinajstić information content (AvgIpc) is 2.47. The summed E-state index contributed by atoms with van der Waals surface area (Å²) in [6, 6.07) is 12.4. The van der Waals surface area contributed by atoms with Crippen LogP contribution < -0.4 is 5.32 Å². The fourth-order valence-corrected chi connectivity index (χ4v) is 1.77. The Morgan fingerprint density at radius 2 is 1.71 bits per heavy atom. The molecule has 1 atom stereocenters. The molecule has 0 heterocycles. The highest BCUT2D eigenvalue weighted by molar-refractivity contribution is 5.94. The second-order valence-corrected chi connectivity index (χ2v) is 4.38. The number of aliphatic hydroxyl groups is 1. The van der Waals surface area contributed by atoms with Gasteiger partial charge in [-0.1, -0.05) is 36.4 Å². The van der Waals surface area contributed by atoms with Crippen LogP contribution in [0.4, 0.5) is 18.9 Å². The van der Waals surface area contributed by atoms with Gasteiger partial charge in [-0.25, -0.2) is 0 Å². The number of rotatable bonds is 3. The minimum atomic E-state index is -4.49. The maximum Gasteiger partial charge on any atom is 0.416 e. The molecule has 0 fully saturated rings. The molecule has 1 amide bonds. The van der Waals surface area contributed by atoms with E-state index in [2.05, 4.69) is 5.32 Å². The Hall–Kier alpha value is -2.34. The van der Waals surface area contributed by atoms with Gasteiger partial charge in [0.25, 0.3) is 5.91 Å². The van der Waals surface area contributed by atoms with Crippen LogP contribution in [0.3, 0.4) is 0 Å². The number of amides is 1. The minimum absolute atomic E-state index is 0.0233. The monoisotopic (exact) mass is 295 g/mol. The van der Waals surface area contributed by atoms with Crippen molar-refractivity contribution < 1.29 is 23.1 Å². The largest absolute Gasteiger partial charge is 0.416 e. The molecule has 0 saturated heterocycles. The van der Waals surface area contributed by atoms with Gasteiger partial charge in [0.2, 0.25) is 0 Å². The molecule has 2 aromatic rings. The van der Waals surface area contributed by atoms with E-state index in [0.717, 1.165) is 12.1 Å². The van der Waals surface area contributed by atoms with Gasteiger partial charge in [0.15, 0.2) is 6.10 Å². The van der Waals surface area contributed by atoms with Gasteiger partial charge in [0.1, 0.15) is 0 Å². The lowest BCUT2D eigenvalue weighted by Gasteiger charge is -2.13. The molecule has 0 aliphatic carbocycles. The zero-order chi connectivity index (χ0) is 15.5. The molecule has 21 heavy (non-hydrogen) atoms. The van der Waals surface area contributed by atoms with E-state index in [9.17, 15) is 23.1 Å². The lowest BCUT2D eigenvalue weighted by atomic mass is 10.1. The van der Waals surface area contributed by atoms with E-state index in [1.165, 1.54) is 12.1 Å². The number of carbonyl (C=O) groups excluding carboxylic acids is 1. The molecule has 2 N–H and O–H groups in total. The van der Waals surface area contributed by atoms with E-state index in [4.69, 9.17) is 0 Å². The molecule has 6 heteroatoms. The molecular formula is C15H12F3NO2. The highest BCUT2D eigenvalue weighted by Gasteiger charge is 2.30. The number of aliphatic hydroxyl groups excluding tert-OH is 1. The summed E-state index contributed by atoms with van der Waals surface area (Å²) >= 11 is 0. The molecule has 0 spiro atoms. The molecule has 3 nitrogen and oxygen atoms in total. The first-order valence-corrected chi connectivity index (χ1v) is 6.09. The number of nitrogens with one attached hydrogen (secondary N) is 1. The molecule has 0 saturated carbocycles. The van der Waals surface area contributed by atoms with Crippen molar-refractivity contribution in [2.75, 3.05) is 5.32 Å². The lowest BCUT2D eigenvalue weighted by Crippen LogP contribution is -2.21. The van der Waals surface area contributed by atoms with Gasteiger partial charge in [-0.15, -0.1) is 0 Å². The van der Waals surface area contributed by atoms with Gasteiger partial charge < -0.3 is 10.4 Å². The van der Waals surface area contributed by atoms with Crippen molar-refractivity contribution in [3.63, 3.8) is 0 Å². The van der Waals surface area contributed by atoms with Gasteiger partial charge in [0.05, 0.1) is 5.56 Å². The minimum Gasteiger partial charge on any atom is -0.378 e. The van der Waals surface area contributed by atoms with Gasteiger partial charge in [-0.2, -0.15) is 13.2 Å². The zero-order valence-corrected chi connectivity index (χ0v) is 10.8. The van der Waals surface area contributed by atoms with Crippen molar-refractivity contribution in [3.8, 4) is 0 Å². The first-order chi connectivity index (χ1) is 9.88. The topological polar surface area (TPSA) is 49.3 Å². The van der Waals surface area contributed by atoms with Crippen molar-refractivity contribution in [2.24, 2.45) is 0 Å². The van der Waals surface area contributed by atoms with Crippen molar-refractivity contribution in [1.82, 2.24) is 0 Å². The zero-order valence-electron chi connectivity index (χ0n) is 10.8. The Balaban J connectivity index is 2.13. The summed E-state index contributed by atoms with van der Waals surface area (Å²) < 4.78 is 37.7. The van der Waals surface area contributed by atoms with E-state index in [0.29, 0.717) is 5.56 Å². The molecule has 110 valence electrons. The predicted octanol–water partition coefficient (Wildman–Crippen LogP) is 3.38. The smallest absolute Gasteiger partial charge is 0.378 e. The van der Waals surface area contributed by atoms with E-state index in [-0.39, 0.29) is 5.69 Å². The summed E-state index contributed by atoms with van der Waals surface area (Å²) in [5.74, 6) is -0.791. The molecular weight excluding hydrogens is 283 g/mol. The number of hydrogen-bond donors (Lipinski definition) is 2. The van der Waals surface area contributed by atoms with E-state index >= 15 is 0 Å². The van der Waals surface area contributed by atoms with Crippen molar-refractivity contribution in [1.29, 1.82) is 0 Å². The van der Waals surface area contributed by atoms with Crippen LogP contribution in [0.5, 0.6) is 0 Å². The first-order valence-electron chi connectivity index (χ1n) is 6.09. The van der Waals surface area contributed by atoms with Crippen molar-refractivity contribution in [3.05, 3.63) is 65.7 Å². The SMILES string of the molecule is O=C(Nc1cccc(C(F)(F)F)c1)[C@@H](O)c1ccccc1. The normalized spacial score (nSPS) is 12.8. The third kappa shape index (κ3) is 3.82. The Morgan fingerprint density at radius 3 is 2.33 bits per heavy atom. The molecule has 0 radical (unpaired) electrons. The average molecular weight is 295 g/mol. The first kappa shape index (κ1) is 15.1. The second-order valence-electron chi connectivity index (χ2n) is 4.38. The van der Waals surface area contributed by atoms with Crippen LogP contribution in [0, 0.1) is 0 Å². The molecule has 2 aromatic carbocycles. The highest BCUT2D eigenvalue weighted by atomic mass is 19.4. The summed E-state index contributed by atoms with van der Waals surface area (Å²) in [6.07, 6.45) is -5.93. The van der Waals surface area contributed by atoms with Crippen molar-refractivity contribution >= 4 is 11.6 Å². The van der Waals surface area contributed by atoms with Crippen molar-refractivity contribution in [2.45, 2.75) is 12.3 Å². The van der Waals surface area contributed by atoms with Gasteiger partial charge in [-0.3, -0.25) is 4.79 Å². The van der Waals surface area contributed by atoms with Crippen LogP contribution >= 0.6 is 0 Å². The number of carbonyl (C=O) groups is 1. The van der Waals surface area contributed by atoms with Gasteiger partial charge >= 0.3 is 6.18 Å². The molecule has 0 aliphatic rings. The highest BCUT2D eigenvalue weighted by Crippen LogP contribution is 2.30. The van der Waals surface area contributed by atoms with Crippen LogP contribution in [0.15, 0.2) is 54.6 Å². The number of alkyl halides is 3.